The molecule has 0 spiro atoms. The highest BCUT2D eigenvalue weighted by Crippen LogP contribution is 2.21. The number of nitrogens with zero attached hydrogens (tertiary/aromatic N) is 3. The highest BCUT2D eigenvalue weighted by atomic mass is 16.2. The Balaban J connectivity index is 1.42. The van der Waals surface area contributed by atoms with Gasteiger partial charge in [-0.1, -0.05) is 85.6 Å². The molecular weight excluding hydrogens is 370 g/mol. The van der Waals surface area contributed by atoms with Crippen LogP contribution in [0.1, 0.15) is 42.1 Å². The van der Waals surface area contributed by atoms with Gasteiger partial charge in [0.05, 0.1) is 5.52 Å². The van der Waals surface area contributed by atoms with Crippen molar-refractivity contribution in [3.8, 4) is 11.1 Å². The van der Waals surface area contributed by atoms with Gasteiger partial charge in [-0.25, -0.2) is 0 Å². The molecule has 3 aromatic carbocycles. The molecule has 0 saturated heterocycles. The quantitative estimate of drug-likeness (QED) is 0.277. The van der Waals surface area contributed by atoms with E-state index in [1.807, 2.05) is 36.4 Å². The minimum Gasteiger partial charge on any atom is -0.267 e. The molecule has 4 heteroatoms. The molecule has 0 radical (unpaired) electrons. The molecule has 1 aromatic heterocycles. The first kappa shape index (κ1) is 19.8. The van der Waals surface area contributed by atoms with Crippen LogP contribution in [0.4, 0.5) is 0 Å². The second-order valence-electron chi connectivity index (χ2n) is 7.44. The number of fused-ring (bicyclic) bond motifs is 1. The number of unbranched alkanes of at least 4 members (excludes halogenated alkanes) is 2. The fourth-order valence-corrected chi connectivity index (χ4v) is 3.50. The first-order chi connectivity index (χ1) is 14.7. The molecule has 4 nitrogen and oxygen atoms in total. The van der Waals surface area contributed by atoms with Crippen molar-refractivity contribution in [2.24, 2.45) is 0 Å². The summed E-state index contributed by atoms with van der Waals surface area (Å²) in [6, 6.07) is 24.5. The smallest absolute Gasteiger partial charge is 0.267 e. The van der Waals surface area contributed by atoms with Crippen LogP contribution in [0.15, 0.2) is 78.9 Å². The van der Waals surface area contributed by atoms with Gasteiger partial charge in [0.1, 0.15) is 5.52 Å². The molecule has 0 bridgehead atoms. The maximum Gasteiger partial charge on any atom is 0.272 e. The van der Waals surface area contributed by atoms with Crippen molar-refractivity contribution in [1.82, 2.24) is 15.0 Å². The van der Waals surface area contributed by atoms with Crippen LogP contribution in [0.25, 0.3) is 28.2 Å². The van der Waals surface area contributed by atoms with Crippen LogP contribution in [-0.4, -0.2) is 20.9 Å². The normalized spacial score (nSPS) is 11.4. The van der Waals surface area contributed by atoms with Crippen LogP contribution in [0.3, 0.4) is 0 Å². The third kappa shape index (κ3) is 4.54. The van der Waals surface area contributed by atoms with E-state index in [1.165, 1.54) is 46.7 Å². The zero-order valence-electron chi connectivity index (χ0n) is 17.2. The van der Waals surface area contributed by atoms with E-state index in [1.54, 1.807) is 6.08 Å². The molecule has 0 unspecified atom stereocenters. The Morgan fingerprint density at radius 1 is 0.900 bits per heavy atom. The number of carbonyl (C=O) groups is 1. The van der Waals surface area contributed by atoms with E-state index in [0.717, 1.165) is 12.0 Å². The van der Waals surface area contributed by atoms with Crippen molar-refractivity contribution in [2.45, 2.75) is 32.6 Å². The minimum atomic E-state index is -0.216. The minimum absolute atomic E-state index is 0.216. The second-order valence-corrected chi connectivity index (χ2v) is 7.44. The summed E-state index contributed by atoms with van der Waals surface area (Å²) < 4.78 is 1.32. The number of hydrogen-bond acceptors (Lipinski definition) is 3. The molecule has 4 rings (SSSR count). The van der Waals surface area contributed by atoms with Gasteiger partial charge in [0.25, 0.3) is 5.91 Å². The van der Waals surface area contributed by atoms with Gasteiger partial charge < -0.3 is 0 Å². The second kappa shape index (κ2) is 9.31. The highest BCUT2D eigenvalue weighted by molar-refractivity contribution is 5.98. The average Bonchev–Trinajstić information content (AvgIpc) is 3.23. The van der Waals surface area contributed by atoms with Crippen molar-refractivity contribution >= 4 is 23.0 Å². The molecule has 0 amide bonds. The lowest BCUT2D eigenvalue weighted by Crippen LogP contribution is -2.08. The van der Waals surface area contributed by atoms with Gasteiger partial charge in [0.15, 0.2) is 0 Å². The predicted octanol–water partition coefficient (Wildman–Crippen LogP) is 6.18. The number of para-hydroxylation sites is 1. The van der Waals surface area contributed by atoms with Crippen molar-refractivity contribution in [3.63, 3.8) is 0 Å². The summed E-state index contributed by atoms with van der Waals surface area (Å²) in [6.07, 6.45) is 8.26. The molecule has 4 aromatic rings. The van der Waals surface area contributed by atoms with Crippen molar-refractivity contribution in [1.29, 1.82) is 0 Å². The predicted molar refractivity (Wildman–Crippen MR) is 122 cm³/mol. The van der Waals surface area contributed by atoms with Gasteiger partial charge >= 0.3 is 0 Å². The molecule has 0 aliphatic carbocycles. The molecule has 0 saturated carbocycles. The summed E-state index contributed by atoms with van der Waals surface area (Å²) in [5, 5.41) is 7.98. The lowest BCUT2D eigenvalue weighted by Gasteiger charge is -2.05. The first-order valence-electron chi connectivity index (χ1n) is 10.5. The summed E-state index contributed by atoms with van der Waals surface area (Å²) in [5.74, 6) is -0.216. The topological polar surface area (TPSA) is 47.8 Å². The first-order valence-corrected chi connectivity index (χ1v) is 10.5. The van der Waals surface area contributed by atoms with Gasteiger partial charge in [-0.15, -0.1) is 5.10 Å². The Morgan fingerprint density at radius 2 is 1.60 bits per heavy atom. The molecule has 1 heterocycles. The number of benzene rings is 3. The lowest BCUT2D eigenvalue weighted by molar-refractivity contribution is 0.0958. The summed E-state index contributed by atoms with van der Waals surface area (Å²) in [6.45, 7) is 2.23. The Bertz CT molecular complexity index is 1160. The number of aryl methyl sites for hydroxylation is 1. The SMILES string of the molecule is CCCCCc1ccc(-c2ccc(C=CC(=O)n3nnc4ccccc43)cc2)cc1. The van der Waals surface area contributed by atoms with Crippen LogP contribution in [-0.2, 0) is 6.42 Å². The molecule has 0 atom stereocenters. The van der Waals surface area contributed by atoms with Crippen molar-refractivity contribution < 1.29 is 4.79 Å². The van der Waals surface area contributed by atoms with E-state index in [4.69, 9.17) is 0 Å². The van der Waals surface area contributed by atoms with Crippen LogP contribution in [0.2, 0.25) is 0 Å². The number of rotatable bonds is 7. The maximum absolute atomic E-state index is 12.5. The molecule has 150 valence electrons. The summed E-state index contributed by atoms with van der Waals surface area (Å²) in [5.41, 5.74) is 6.15. The van der Waals surface area contributed by atoms with Gasteiger partial charge in [0.2, 0.25) is 0 Å². The largest absolute Gasteiger partial charge is 0.272 e. The van der Waals surface area contributed by atoms with Gasteiger partial charge in [-0.3, -0.25) is 4.79 Å². The number of aromatic nitrogens is 3. The molecule has 0 aliphatic heterocycles. The van der Waals surface area contributed by atoms with E-state index in [0.29, 0.717) is 11.0 Å². The van der Waals surface area contributed by atoms with Crippen LogP contribution in [0, 0.1) is 0 Å². The van der Waals surface area contributed by atoms with Crippen LogP contribution >= 0.6 is 0 Å². The van der Waals surface area contributed by atoms with E-state index in [-0.39, 0.29) is 5.91 Å². The Hall–Kier alpha value is -3.53. The average molecular weight is 396 g/mol. The van der Waals surface area contributed by atoms with E-state index < -0.39 is 0 Å². The van der Waals surface area contributed by atoms with Crippen molar-refractivity contribution in [2.75, 3.05) is 0 Å². The highest BCUT2D eigenvalue weighted by Gasteiger charge is 2.08. The maximum atomic E-state index is 12.5. The van der Waals surface area contributed by atoms with Crippen molar-refractivity contribution in [3.05, 3.63) is 90.0 Å². The molecular formula is C26H25N3O. The van der Waals surface area contributed by atoms with Crippen LogP contribution < -0.4 is 0 Å². The van der Waals surface area contributed by atoms with E-state index >= 15 is 0 Å². The number of hydrogen-bond donors (Lipinski definition) is 0. The molecule has 0 N–H and O–H groups in total. The van der Waals surface area contributed by atoms with Gasteiger partial charge in [-0.05, 0) is 53.3 Å². The van der Waals surface area contributed by atoms with Crippen LogP contribution in [0.5, 0.6) is 0 Å². The van der Waals surface area contributed by atoms with E-state index in [9.17, 15) is 4.79 Å². The summed E-state index contributed by atoms with van der Waals surface area (Å²) in [4.78, 5) is 12.5. The monoisotopic (exact) mass is 395 g/mol. The summed E-state index contributed by atoms with van der Waals surface area (Å²) in [7, 11) is 0. The Morgan fingerprint density at radius 3 is 2.33 bits per heavy atom. The molecule has 30 heavy (non-hydrogen) atoms. The Labute approximate surface area is 176 Å². The zero-order chi connectivity index (χ0) is 20.8. The van der Waals surface area contributed by atoms with Gasteiger partial charge in [-0.2, -0.15) is 4.68 Å². The fourth-order valence-electron chi connectivity index (χ4n) is 3.50. The number of carbonyl (C=O) groups excluding carboxylic acids is 1. The van der Waals surface area contributed by atoms with E-state index in [2.05, 4.69) is 53.6 Å². The Kier molecular flexibility index (Phi) is 6.14. The van der Waals surface area contributed by atoms with Gasteiger partial charge in [0, 0.05) is 6.08 Å². The molecule has 0 fully saturated rings. The fraction of sp³-hybridized carbons (Fsp3) is 0.192. The standard InChI is InChI=1S/C26H25N3O/c1-2-3-4-7-20-10-15-22(16-11-20)23-17-12-21(13-18-23)14-19-26(30)29-25-9-6-5-8-24(25)27-28-29/h5-6,8-19H,2-4,7H2,1H3. The lowest BCUT2D eigenvalue weighted by atomic mass is 10.0. The summed E-state index contributed by atoms with van der Waals surface area (Å²) >= 11 is 0. The molecule has 0 aliphatic rings. The number of allylic oxidation sites excluding steroid dienone is 1. The third-order valence-electron chi connectivity index (χ3n) is 5.25. The zero-order valence-corrected chi connectivity index (χ0v) is 17.2. The third-order valence-corrected chi connectivity index (χ3v) is 5.25.